The van der Waals surface area contributed by atoms with Crippen molar-refractivity contribution in [3.8, 4) is 0 Å². The van der Waals surface area contributed by atoms with Gasteiger partial charge in [0.1, 0.15) is 12.6 Å². The maximum Gasteiger partial charge on any atom is 0.264 e. The van der Waals surface area contributed by atoms with Gasteiger partial charge in [-0.05, 0) is 68.3 Å². The molecule has 7 nitrogen and oxygen atoms in total. The summed E-state index contributed by atoms with van der Waals surface area (Å²) in [5, 5.41) is 2.76. The van der Waals surface area contributed by atoms with Crippen LogP contribution in [-0.2, 0) is 26.2 Å². The van der Waals surface area contributed by atoms with E-state index in [1.54, 1.807) is 56.3 Å². The van der Waals surface area contributed by atoms with Crippen molar-refractivity contribution in [1.82, 2.24) is 10.2 Å². The fourth-order valence-electron chi connectivity index (χ4n) is 3.73. The number of rotatable bonds is 10. The third-order valence-corrected chi connectivity index (χ3v) is 8.16. The van der Waals surface area contributed by atoms with Crippen LogP contribution in [0.4, 0.5) is 5.69 Å². The zero-order chi connectivity index (χ0) is 26.3. The molecule has 0 spiro atoms. The number of nitrogens with zero attached hydrogens (tertiary/aromatic N) is 2. The number of carbonyl (C=O) groups excluding carboxylic acids is 2. The lowest BCUT2D eigenvalue weighted by molar-refractivity contribution is -0.139. The molecule has 3 rings (SSSR count). The summed E-state index contributed by atoms with van der Waals surface area (Å²) in [5.74, 6) is -0.792. The highest BCUT2D eigenvalue weighted by atomic mass is 79.9. The summed E-state index contributed by atoms with van der Waals surface area (Å²) in [6.45, 7) is 5.51. The number of sulfonamides is 1. The van der Waals surface area contributed by atoms with E-state index in [-0.39, 0.29) is 17.3 Å². The largest absolute Gasteiger partial charge is 0.355 e. The first kappa shape index (κ1) is 27.4. The second-order valence-electron chi connectivity index (χ2n) is 8.32. The molecule has 0 fully saturated rings. The van der Waals surface area contributed by atoms with E-state index in [0.717, 1.165) is 19.9 Å². The number of likely N-dealkylation sites (N-methyl/N-ethyl adjacent to an activating group) is 1. The average molecular weight is 573 g/mol. The molecule has 1 N–H and O–H groups in total. The maximum absolute atomic E-state index is 13.8. The number of aryl methyl sites for hydroxylation is 1. The molecule has 190 valence electrons. The van der Waals surface area contributed by atoms with E-state index in [1.807, 2.05) is 31.2 Å². The summed E-state index contributed by atoms with van der Waals surface area (Å²) < 4.78 is 29.2. The van der Waals surface area contributed by atoms with Crippen molar-refractivity contribution in [2.75, 3.05) is 17.4 Å². The predicted molar refractivity (Wildman–Crippen MR) is 145 cm³/mol. The Hall–Kier alpha value is -3.17. The SMILES string of the molecule is CCNC(=O)[C@H](C)N(Cc1ccccc1C)C(=O)CN(c1ccc(Br)cc1)S(=O)(=O)c1ccccc1. The number of halogens is 1. The standard InChI is InChI=1S/C27H30BrN3O4S/c1-4-29-27(33)21(3)30(18-22-11-9-8-10-20(22)2)26(32)19-31(24-16-14-23(28)15-17-24)36(34,35)25-12-6-5-7-13-25/h5-17,21H,4,18-19H2,1-3H3,(H,29,33)/t21-/m0/s1. The number of hydrogen-bond acceptors (Lipinski definition) is 4. The van der Waals surface area contributed by atoms with Crippen LogP contribution in [0, 0.1) is 6.92 Å². The van der Waals surface area contributed by atoms with Crippen LogP contribution in [0.3, 0.4) is 0 Å². The van der Waals surface area contributed by atoms with E-state index in [0.29, 0.717) is 12.2 Å². The van der Waals surface area contributed by atoms with Crippen LogP contribution in [0.15, 0.2) is 88.2 Å². The van der Waals surface area contributed by atoms with Gasteiger partial charge in [-0.3, -0.25) is 13.9 Å². The van der Waals surface area contributed by atoms with Gasteiger partial charge in [-0.1, -0.05) is 58.4 Å². The Kier molecular flexibility index (Phi) is 9.28. The van der Waals surface area contributed by atoms with Crippen LogP contribution in [-0.4, -0.2) is 44.3 Å². The van der Waals surface area contributed by atoms with Crippen LogP contribution in [0.2, 0.25) is 0 Å². The van der Waals surface area contributed by atoms with E-state index in [9.17, 15) is 18.0 Å². The van der Waals surface area contributed by atoms with Crippen LogP contribution in [0.1, 0.15) is 25.0 Å². The molecule has 0 aliphatic carbocycles. The lowest BCUT2D eigenvalue weighted by atomic mass is 10.1. The molecule has 0 radical (unpaired) electrons. The Labute approximate surface area is 221 Å². The van der Waals surface area contributed by atoms with Crippen LogP contribution in [0.5, 0.6) is 0 Å². The summed E-state index contributed by atoms with van der Waals surface area (Å²) >= 11 is 3.37. The molecule has 0 saturated carbocycles. The number of amides is 2. The molecule has 0 bridgehead atoms. The minimum absolute atomic E-state index is 0.0722. The van der Waals surface area contributed by atoms with E-state index >= 15 is 0 Å². The fourth-order valence-corrected chi connectivity index (χ4v) is 5.43. The van der Waals surface area contributed by atoms with Crippen molar-refractivity contribution >= 4 is 43.5 Å². The Bertz CT molecular complexity index is 1300. The molecule has 0 saturated heterocycles. The zero-order valence-electron chi connectivity index (χ0n) is 20.5. The molecular formula is C27H30BrN3O4S. The number of anilines is 1. The van der Waals surface area contributed by atoms with Crippen molar-refractivity contribution in [3.63, 3.8) is 0 Å². The molecular weight excluding hydrogens is 542 g/mol. The van der Waals surface area contributed by atoms with Gasteiger partial charge in [0.15, 0.2) is 0 Å². The quantitative estimate of drug-likeness (QED) is 0.388. The monoisotopic (exact) mass is 571 g/mol. The number of hydrogen-bond donors (Lipinski definition) is 1. The normalized spacial score (nSPS) is 12.0. The summed E-state index contributed by atoms with van der Waals surface area (Å²) in [5.41, 5.74) is 2.19. The summed E-state index contributed by atoms with van der Waals surface area (Å²) in [4.78, 5) is 28.0. The predicted octanol–water partition coefficient (Wildman–Crippen LogP) is 4.51. The van der Waals surface area contributed by atoms with Gasteiger partial charge in [0, 0.05) is 17.6 Å². The zero-order valence-corrected chi connectivity index (χ0v) is 22.9. The molecule has 0 aliphatic heterocycles. The van der Waals surface area contributed by atoms with Gasteiger partial charge in [0.2, 0.25) is 11.8 Å². The Morgan fingerprint density at radius 1 is 0.944 bits per heavy atom. The minimum Gasteiger partial charge on any atom is -0.355 e. The number of carbonyl (C=O) groups is 2. The smallest absolute Gasteiger partial charge is 0.264 e. The van der Waals surface area contributed by atoms with Crippen molar-refractivity contribution in [2.24, 2.45) is 0 Å². The summed E-state index contributed by atoms with van der Waals surface area (Å²) in [6, 6.07) is 21.5. The van der Waals surface area contributed by atoms with Gasteiger partial charge in [-0.2, -0.15) is 0 Å². The van der Waals surface area contributed by atoms with Gasteiger partial charge in [0.05, 0.1) is 10.6 Å². The third-order valence-electron chi connectivity index (χ3n) is 5.84. The lowest BCUT2D eigenvalue weighted by Gasteiger charge is -2.32. The fraction of sp³-hybridized carbons (Fsp3) is 0.259. The molecule has 0 aromatic heterocycles. The Morgan fingerprint density at radius 3 is 2.17 bits per heavy atom. The number of benzene rings is 3. The first-order valence-corrected chi connectivity index (χ1v) is 13.8. The topological polar surface area (TPSA) is 86.8 Å². The molecule has 9 heteroatoms. The second kappa shape index (κ2) is 12.2. The van der Waals surface area contributed by atoms with Crippen LogP contribution in [0.25, 0.3) is 0 Å². The minimum atomic E-state index is -4.06. The first-order valence-electron chi connectivity index (χ1n) is 11.6. The molecule has 3 aromatic rings. The van der Waals surface area contributed by atoms with Crippen molar-refractivity contribution in [2.45, 2.75) is 38.3 Å². The highest BCUT2D eigenvalue weighted by Gasteiger charge is 2.32. The van der Waals surface area contributed by atoms with E-state index in [4.69, 9.17) is 0 Å². The van der Waals surface area contributed by atoms with Crippen LogP contribution < -0.4 is 9.62 Å². The highest BCUT2D eigenvalue weighted by molar-refractivity contribution is 9.10. The van der Waals surface area contributed by atoms with Crippen molar-refractivity contribution in [1.29, 1.82) is 0 Å². The Morgan fingerprint density at radius 2 is 1.56 bits per heavy atom. The molecule has 36 heavy (non-hydrogen) atoms. The van der Waals surface area contributed by atoms with Gasteiger partial charge in [0.25, 0.3) is 10.0 Å². The van der Waals surface area contributed by atoms with Crippen LogP contribution >= 0.6 is 15.9 Å². The average Bonchev–Trinajstić information content (AvgIpc) is 2.87. The first-order chi connectivity index (χ1) is 17.1. The van der Waals surface area contributed by atoms with Crippen molar-refractivity contribution < 1.29 is 18.0 Å². The maximum atomic E-state index is 13.8. The van der Waals surface area contributed by atoms with E-state index in [2.05, 4.69) is 21.2 Å². The van der Waals surface area contributed by atoms with E-state index < -0.39 is 28.5 Å². The van der Waals surface area contributed by atoms with Gasteiger partial charge < -0.3 is 10.2 Å². The molecule has 1 atom stereocenters. The van der Waals surface area contributed by atoms with Gasteiger partial charge >= 0.3 is 0 Å². The molecule has 0 heterocycles. The highest BCUT2D eigenvalue weighted by Crippen LogP contribution is 2.26. The van der Waals surface area contributed by atoms with Gasteiger partial charge in [-0.25, -0.2) is 8.42 Å². The molecule has 2 amide bonds. The Balaban J connectivity index is 2.02. The third kappa shape index (κ3) is 6.53. The number of nitrogens with one attached hydrogen (secondary N) is 1. The molecule has 0 aliphatic rings. The second-order valence-corrected chi connectivity index (χ2v) is 11.1. The molecule has 0 unspecified atom stereocenters. The lowest BCUT2D eigenvalue weighted by Crippen LogP contribution is -2.51. The summed E-state index contributed by atoms with van der Waals surface area (Å²) in [7, 11) is -4.06. The molecule has 3 aromatic carbocycles. The van der Waals surface area contributed by atoms with Gasteiger partial charge in [-0.15, -0.1) is 0 Å². The summed E-state index contributed by atoms with van der Waals surface area (Å²) in [6.07, 6.45) is 0. The van der Waals surface area contributed by atoms with Crippen molar-refractivity contribution in [3.05, 3.63) is 94.5 Å². The van der Waals surface area contributed by atoms with E-state index in [1.165, 1.54) is 17.0 Å².